The average Bonchev–Trinajstić information content (AvgIpc) is 3.12. The Hall–Kier alpha value is -2.94. The maximum absolute atomic E-state index is 12.4. The van der Waals surface area contributed by atoms with Gasteiger partial charge in [-0.25, -0.2) is 0 Å². The van der Waals surface area contributed by atoms with Crippen LogP contribution in [0.3, 0.4) is 0 Å². The van der Waals surface area contributed by atoms with Gasteiger partial charge < -0.3 is 14.5 Å². The highest BCUT2D eigenvalue weighted by Gasteiger charge is 2.14. The maximum atomic E-state index is 12.4. The van der Waals surface area contributed by atoms with Crippen molar-refractivity contribution >= 4 is 23.4 Å². The number of amides is 1. The molecule has 1 N–H and O–H groups in total. The number of hydrogen-bond acceptors (Lipinski definition) is 6. The summed E-state index contributed by atoms with van der Waals surface area (Å²) in [6, 6.07) is 11.8. The predicted molar refractivity (Wildman–Crippen MR) is 102 cm³/mol. The lowest BCUT2D eigenvalue weighted by atomic mass is 10.1. The number of aromatic nitrogens is 2. The van der Waals surface area contributed by atoms with E-state index >= 15 is 0 Å². The van der Waals surface area contributed by atoms with Crippen molar-refractivity contribution in [1.29, 1.82) is 0 Å². The second-order valence-electron chi connectivity index (χ2n) is 5.88. The van der Waals surface area contributed by atoms with Crippen LogP contribution < -0.4 is 10.1 Å². The molecule has 0 saturated carbocycles. The van der Waals surface area contributed by atoms with Crippen molar-refractivity contribution in [2.45, 2.75) is 25.7 Å². The van der Waals surface area contributed by atoms with Crippen LogP contribution in [-0.4, -0.2) is 28.5 Å². The summed E-state index contributed by atoms with van der Waals surface area (Å²) < 4.78 is 34.8. The highest BCUT2D eigenvalue weighted by atomic mass is 32.2. The molecular formula is C19H17F2N3O3S. The number of halogens is 2. The summed E-state index contributed by atoms with van der Waals surface area (Å²) >= 11 is 1.05. The monoisotopic (exact) mass is 405 g/mol. The molecule has 0 aliphatic carbocycles. The first-order valence-corrected chi connectivity index (χ1v) is 9.28. The van der Waals surface area contributed by atoms with Gasteiger partial charge in [0, 0.05) is 5.56 Å². The minimum Gasteiger partial charge on any atom is -0.433 e. The lowest BCUT2D eigenvalue weighted by molar-refractivity contribution is -0.113. The van der Waals surface area contributed by atoms with Crippen molar-refractivity contribution in [2.75, 3.05) is 11.1 Å². The predicted octanol–water partition coefficient (Wildman–Crippen LogP) is 4.69. The van der Waals surface area contributed by atoms with E-state index in [9.17, 15) is 13.6 Å². The van der Waals surface area contributed by atoms with Crippen molar-refractivity contribution in [1.82, 2.24) is 10.2 Å². The fourth-order valence-corrected chi connectivity index (χ4v) is 2.90. The molecule has 0 saturated heterocycles. The van der Waals surface area contributed by atoms with E-state index in [1.165, 1.54) is 18.2 Å². The number of hydrogen-bond donors (Lipinski definition) is 1. The quantitative estimate of drug-likeness (QED) is 0.575. The van der Waals surface area contributed by atoms with Crippen molar-refractivity contribution < 1.29 is 22.7 Å². The van der Waals surface area contributed by atoms with E-state index in [1.807, 2.05) is 32.0 Å². The summed E-state index contributed by atoms with van der Waals surface area (Å²) in [5, 5.41) is 10.7. The van der Waals surface area contributed by atoms with Gasteiger partial charge in [0.2, 0.25) is 11.8 Å². The second kappa shape index (κ2) is 8.83. The summed E-state index contributed by atoms with van der Waals surface area (Å²) in [7, 11) is 0. The molecular weight excluding hydrogens is 388 g/mol. The number of anilines is 1. The van der Waals surface area contributed by atoms with Crippen LogP contribution in [0.2, 0.25) is 0 Å². The Labute approximate surface area is 164 Å². The Morgan fingerprint density at radius 3 is 2.71 bits per heavy atom. The molecule has 3 aromatic rings. The van der Waals surface area contributed by atoms with Gasteiger partial charge in [-0.2, -0.15) is 8.78 Å². The number of ether oxygens (including phenoxy) is 1. The van der Waals surface area contributed by atoms with Gasteiger partial charge in [0.15, 0.2) is 0 Å². The Bertz CT molecular complexity index is 979. The fraction of sp³-hybridized carbons (Fsp3) is 0.211. The van der Waals surface area contributed by atoms with Crippen molar-refractivity contribution in [2.24, 2.45) is 0 Å². The SMILES string of the molecule is Cc1ccc(-c2nnc(SCC(=O)Nc3ccccc3OC(F)F)o2)cc1C. The zero-order valence-corrected chi connectivity index (χ0v) is 15.9. The van der Waals surface area contributed by atoms with Crippen molar-refractivity contribution in [3.05, 3.63) is 53.6 Å². The Morgan fingerprint density at radius 2 is 1.96 bits per heavy atom. The summed E-state index contributed by atoms with van der Waals surface area (Å²) in [6.07, 6.45) is 0. The highest BCUT2D eigenvalue weighted by Crippen LogP contribution is 2.27. The molecule has 146 valence electrons. The molecule has 0 spiro atoms. The molecule has 0 radical (unpaired) electrons. The number of carbonyl (C=O) groups excluding carboxylic acids is 1. The van der Waals surface area contributed by atoms with E-state index in [4.69, 9.17) is 4.42 Å². The van der Waals surface area contributed by atoms with Gasteiger partial charge >= 0.3 is 6.61 Å². The van der Waals surface area contributed by atoms with Crippen LogP contribution in [0, 0.1) is 13.8 Å². The maximum Gasteiger partial charge on any atom is 0.387 e. The molecule has 6 nitrogen and oxygen atoms in total. The molecule has 28 heavy (non-hydrogen) atoms. The average molecular weight is 405 g/mol. The number of benzene rings is 2. The summed E-state index contributed by atoms with van der Waals surface area (Å²) in [4.78, 5) is 12.1. The van der Waals surface area contributed by atoms with E-state index in [0.717, 1.165) is 28.5 Å². The van der Waals surface area contributed by atoms with Crippen LogP contribution >= 0.6 is 11.8 Å². The summed E-state index contributed by atoms with van der Waals surface area (Å²) in [5.41, 5.74) is 3.22. The molecule has 0 atom stereocenters. The first-order valence-electron chi connectivity index (χ1n) is 8.30. The molecule has 0 bridgehead atoms. The molecule has 1 heterocycles. The van der Waals surface area contributed by atoms with Crippen molar-refractivity contribution in [3.63, 3.8) is 0 Å². The van der Waals surface area contributed by atoms with E-state index < -0.39 is 12.5 Å². The van der Waals surface area contributed by atoms with Gasteiger partial charge in [-0.05, 0) is 49.2 Å². The number of alkyl halides is 2. The molecule has 2 aromatic carbocycles. The fourth-order valence-electron chi connectivity index (χ4n) is 2.34. The van der Waals surface area contributed by atoms with Crippen LogP contribution in [0.1, 0.15) is 11.1 Å². The van der Waals surface area contributed by atoms with Gasteiger partial charge in [-0.15, -0.1) is 10.2 Å². The number of thioether (sulfide) groups is 1. The topological polar surface area (TPSA) is 77.2 Å². The molecule has 0 aliphatic heterocycles. The number of para-hydroxylation sites is 2. The van der Waals surface area contributed by atoms with E-state index in [-0.39, 0.29) is 22.4 Å². The standard InChI is InChI=1S/C19H17F2N3O3S/c1-11-7-8-13(9-12(11)2)17-23-24-19(27-17)28-10-16(25)22-14-5-3-4-6-15(14)26-18(20)21/h3-9,18H,10H2,1-2H3,(H,22,25). The number of nitrogens with one attached hydrogen (secondary N) is 1. The van der Waals surface area contributed by atoms with Gasteiger partial charge in [0.25, 0.3) is 5.22 Å². The number of nitrogens with zero attached hydrogens (tertiary/aromatic N) is 2. The molecule has 0 aliphatic rings. The third-order valence-electron chi connectivity index (χ3n) is 3.86. The van der Waals surface area contributed by atoms with E-state index in [1.54, 1.807) is 6.07 Å². The molecule has 1 aromatic heterocycles. The summed E-state index contributed by atoms with van der Waals surface area (Å²) in [5.74, 6) is -0.189. The van der Waals surface area contributed by atoms with Crippen LogP contribution in [0.15, 0.2) is 52.1 Å². The smallest absolute Gasteiger partial charge is 0.387 e. The second-order valence-corrected chi connectivity index (χ2v) is 6.81. The molecule has 0 fully saturated rings. The van der Waals surface area contributed by atoms with Gasteiger partial charge in [-0.3, -0.25) is 4.79 Å². The largest absolute Gasteiger partial charge is 0.433 e. The van der Waals surface area contributed by atoms with Crippen LogP contribution in [0.5, 0.6) is 5.75 Å². The lowest BCUT2D eigenvalue weighted by Gasteiger charge is -2.11. The highest BCUT2D eigenvalue weighted by molar-refractivity contribution is 7.99. The zero-order chi connectivity index (χ0) is 20.1. The molecule has 9 heteroatoms. The minimum absolute atomic E-state index is 0.0302. The third-order valence-corrected chi connectivity index (χ3v) is 4.68. The number of rotatable bonds is 7. The first-order chi connectivity index (χ1) is 13.4. The van der Waals surface area contributed by atoms with Gasteiger partial charge in [-0.1, -0.05) is 30.0 Å². The Balaban J connectivity index is 1.60. The van der Waals surface area contributed by atoms with Crippen LogP contribution in [0.4, 0.5) is 14.5 Å². The van der Waals surface area contributed by atoms with Crippen LogP contribution in [0.25, 0.3) is 11.5 Å². The van der Waals surface area contributed by atoms with E-state index in [2.05, 4.69) is 20.3 Å². The molecule has 1 amide bonds. The van der Waals surface area contributed by atoms with Crippen molar-refractivity contribution in [3.8, 4) is 17.2 Å². The zero-order valence-electron chi connectivity index (χ0n) is 15.1. The molecule has 3 rings (SSSR count). The lowest BCUT2D eigenvalue weighted by Crippen LogP contribution is -2.15. The first kappa shape index (κ1) is 19.8. The molecule has 0 unspecified atom stereocenters. The third kappa shape index (κ3) is 5.07. The normalized spacial score (nSPS) is 10.9. The summed E-state index contributed by atoms with van der Waals surface area (Å²) in [6.45, 7) is 1.02. The van der Waals surface area contributed by atoms with Gasteiger partial charge in [0.1, 0.15) is 5.75 Å². The number of carbonyl (C=O) groups is 1. The van der Waals surface area contributed by atoms with Crippen LogP contribution in [-0.2, 0) is 4.79 Å². The minimum atomic E-state index is -2.98. The number of aryl methyl sites for hydroxylation is 2. The van der Waals surface area contributed by atoms with Gasteiger partial charge in [0.05, 0.1) is 11.4 Å². The Morgan fingerprint density at radius 1 is 1.18 bits per heavy atom. The van der Waals surface area contributed by atoms with E-state index in [0.29, 0.717) is 5.89 Å². The Kier molecular flexibility index (Phi) is 6.25.